The molecule has 0 aliphatic rings. The Kier molecular flexibility index (Phi) is 3.87. The van der Waals surface area contributed by atoms with Crippen LogP contribution >= 0.6 is 0 Å². The fourth-order valence-corrected chi connectivity index (χ4v) is 3.10. The molecule has 1 heterocycles. The number of carbonyl (C=O) groups excluding carboxylic acids is 1. The first-order chi connectivity index (χ1) is 12.2. The maximum absolute atomic E-state index is 12.5. The van der Waals surface area contributed by atoms with Crippen LogP contribution in [-0.2, 0) is 0 Å². The van der Waals surface area contributed by atoms with Crippen molar-refractivity contribution in [3.8, 4) is 0 Å². The van der Waals surface area contributed by atoms with Crippen molar-refractivity contribution in [3.05, 3.63) is 95.8 Å². The van der Waals surface area contributed by atoms with Crippen LogP contribution in [0, 0.1) is 6.92 Å². The van der Waals surface area contributed by atoms with Crippen LogP contribution in [0.15, 0.2) is 79.0 Å². The van der Waals surface area contributed by atoms with E-state index in [1.165, 1.54) is 10.8 Å². The van der Waals surface area contributed by atoms with Crippen molar-refractivity contribution in [2.75, 3.05) is 0 Å². The standard InChI is InChI=1S/C23H17NO/c1-16-10-11-19(15-24-16)23(25)13-12-22-20-8-4-2-6-17(20)14-18-7-3-5-9-21(18)22/h2-15H,1H3/b13-12+. The summed E-state index contributed by atoms with van der Waals surface area (Å²) >= 11 is 0. The van der Waals surface area contributed by atoms with E-state index in [1.807, 2.05) is 49.4 Å². The van der Waals surface area contributed by atoms with Crippen LogP contribution < -0.4 is 0 Å². The highest BCUT2D eigenvalue weighted by atomic mass is 16.1. The summed E-state index contributed by atoms with van der Waals surface area (Å²) in [7, 11) is 0. The quantitative estimate of drug-likeness (QED) is 0.279. The number of nitrogens with zero attached hydrogens (tertiary/aromatic N) is 1. The Hall–Kier alpha value is -3.26. The molecule has 2 nitrogen and oxygen atoms in total. The summed E-state index contributed by atoms with van der Waals surface area (Å²) in [5.74, 6) is -0.0375. The van der Waals surface area contributed by atoms with Crippen molar-refractivity contribution < 1.29 is 4.79 Å². The summed E-state index contributed by atoms with van der Waals surface area (Å²) < 4.78 is 0. The number of aromatic nitrogens is 1. The predicted molar refractivity (Wildman–Crippen MR) is 104 cm³/mol. The van der Waals surface area contributed by atoms with Crippen molar-refractivity contribution in [2.24, 2.45) is 0 Å². The lowest BCUT2D eigenvalue weighted by Gasteiger charge is -2.08. The molecule has 0 bridgehead atoms. The molecule has 0 fully saturated rings. The minimum absolute atomic E-state index is 0.0375. The van der Waals surface area contributed by atoms with Gasteiger partial charge in [-0.25, -0.2) is 0 Å². The number of benzene rings is 3. The molecule has 0 aliphatic heterocycles. The van der Waals surface area contributed by atoms with Crippen LogP contribution in [-0.4, -0.2) is 10.8 Å². The Bertz CT molecular complexity index is 1050. The van der Waals surface area contributed by atoms with Gasteiger partial charge >= 0.3 is 0 Å². The average molecular weight is 323 g/mol. The lowest BCUT2D eigenvalue weighted by atomic mass is 9.96. The molecule has 0 atom stereocenters. The second-order valence-corrected chi connectivity index (χ2v) is 6.12. The molecule has 1 aromatic heterocycles. The summed E-state index contributed by atoms with van der Waals surface area (Å²) in [6, 6.07) is 22.4. The number of carbonyl (C=O) groups is 1. The topological polar surface area (TPSA) is 30.0 Å². The van der Waals surface area contributed by atoms with E-state index in [0.717, 1.165) is 22.0 Å². The molecule has 4 aromatic rings. The highest BCUT2D eigenvalue weighted by Gasteiger charge is 2.06. The molecule has 0 aliphatic carbocycles. The Morgan fingerprint density at radius 1 is 0.880 bits per heavy atom. The second-order valence-electron chi connectivity index (χ2n) is 6.12. The summed E-state index contributed by atoms with van der Waals surface area (Å²) in [6.45, 7) is 1.91. The zero-order chi connectivity index (χ0) is 17.2. The average Bonchev–Trinajstić information content (AvgIpc) is 2.65. The number of ketones is 1. The van der Waals surface area contributed by atoms with Gasteiger partial charge in [0, 0.05) is 17.5 Å². The summed E-state index contributed by atoms with van der Waals surface area (Å²) in [5, 5.41) is 4.63. The third-order valence-corrected chi connectivity index (χ3v) is 4.41. The number of hydrogen-bond acceptors (Lipinski definition) is 2. The highest BCUT2D eigenvalue weighted by Crippen LogP contribution is 2.29. The minimum atomic E-state index is -0.0375. The number of pyridine rings is 1. The largest absolute Gasteiger partial charge is 0.289 e. The van der Waals surface area contributed by atoms with Crippen molar-refractivity contribution in [2.45, 2.75) is 6.92 Å². The third-order valence-electron chi connectivity index (χ3n) is 4.41. The lowest BCUT2D eigenvalue weighted by molar-refractivity contribution is 0.104. The van der Waals surface area contributed by atoms with Gasteiger partial charge in [-0.15, -0.1) is 0 Å². The first-order valence-corrected chi connectivity index (χ1v) is 8.28. The summed E-state index contributed by atoms with van der Waals surface area (Å²) in [5.41, 5.74) is 2.58. The van der Waals surface area contributed by atoms with Crippen LogP contribution in [0.25, 0.3) is 27.6 Å². The summed E-state index contributed by atoms with van der Waals surface area (Å²) in [4.78, 5) is 16.7. The van der Waals surface area contributed by atoms with E-state index in [-0.39, 0.29) is 5.78 Å². The number of hydrogen-bond donors (Lipinski definition) is 0. The van der Waals surface area contributed by atoms with Gasteiger partial charge in [-0.1, -0.05) is 48.5 Å². The SMILES string of the molecule is Cc1ccc(C(=O)/C=C/c2c3ccccc3cc3ccccc23)cn1. The Morgan fingerprint density at radius 3 is 2.12 bits per heavy atom. The molecular weight excluding hydrogens is 306 g/mol. The molecule has 0 saturated carbocycles. The molecule has 0 saturated heterocycles. The Morgan fingerprint density at radius 2 is 1.52 bits per heavy atom. The molecule has 120 valence electrons. The van der Waals surface area contributed by atoms with E-state index in [4.69, 9.17) is 0 Å². The van der Waals surface area contributed by atoms with E-state index in [0.29, 0.717) is 5.56 Å². The molecule has 0 N–H and O–H groups in total. The highest BCUT2D eigenvalue weighted by molar-refractivity contribution is 6.11. The van der Waals surface area contributed by atoms with Gasteiger partial charge in [0.2, 0.25) is 0 Å². The smallest absolute Gasteiger partial charge is 0.187 e. The van der Waals surface area contributed by atoms with Crippen LogP contribution in [0.4, 0.5) is 0 Å². The lowest BCUT2D eigenvalue weighted by Crippen LogP contribution is -1.95. The molecule has 0 unspecified atom stereocenters. The van der Waals surface area contributed by atoms with Gasteiger partial charge in [0.25, 0.3) is 0 Å². The summed E-state index contributed by atoms with van der Waals surface area (Å²) in [6.07, 6.45) is 5.19. The van der Waals surface area contributed by atoms with Crippen molar-refractivity contribution >= 4 is 33.4 Å². The van der Waals surface area contributed by atoms with E-state index in [9.17, 15) is 4.79 Å². The molecule has 4 rings (SSSR count). The molecule has 2 heteroatoms. The van der Waals surface area contributed by atoms with E-state index in [2.05, 4.69) is 35.3 Å². The van der Waals surface area contributed by atoms with Gasteiger partial charge in [0.15, 0.2) is 5.78 Å². The Balaban J connectivity index is 1.84. The first-order valence-electron chi connectivity index (χ1n) is 8.28. The molecule has 0 spiro atoms. The fraction of sp³-hybridized carbons (Fsp3) is 0.0435. The van der Waals surface area contributed by atoms with E-state index in [1.54, 1.807) is 12.3 Å². The number of rotatable bonds is 3. The van der Waals surface area contributed by atoms with Crippen molar-refractivity contribution in [1.82, 2.24) is 4.98 Å². The third kappa shape index (κ3) is 2.94. The normalized spacial score (nSPS) is 11.4. The van der Waals surface area contributed by atoms with Gasteiger partial charge in [-0.2, -0.15) is 0 Å². The predicted octanol–water partition coefficient (Wildman–Crippen LogP) is 5.59. The van der Waals surface area contributed by atoms with E-state index < -0.39 is 0 Å². The van der Waals surface area contributed by atoms with Crippen LogP contribution in [0.5, 0.6) is 0 Å². The number of aryl methyl sites for hydroxylation is 1. The van der Waals surface area contributed by atoms with Crippen LogP contribution in [0.1, 0.15) is 21.6 Å². The number of allylic oxidation sites excluding steroid dienone is 1. The molecule has 25 heavy (non-hydrogen) atoms. The van der Waals surface area contributed by atoms with Gasteiger partial charge in [-0.3, -0.25) is 9.78 Å². The fourth-order valence-electron chi connectivity index (χ4n) is 3.10. The van der Waals surface area contributed by atoms with Crippen molar-refractivity contribution in [1.29, 1.82) is 0 Å². The zero-order valence-corrected chi connectivity index (χ0v) is 13.9. The van der Waals surface area contributed by atoms with Crippen molar-refractivity contribution in [3.63, 3.8) is 0 Å². The van der Waals surface area contributed by atoms with Gasteiger partial charge in [-0.05, 0) is 64.4 Å². The first kappa shape index (κ1) is 15.3. The van der Waals surface area contributed by atoms with Gasteiger partial charge in [0.1, 0.15) is 0 Å². The minimum Gasteiger partial charge on any atom is -0.289 e. The Labute approximate surface area is 146 Å². The van der Waals surface area contributed by atoms with Crippen LogP contribution in [0.3, 0.4) is 0 Å². The maximum Gasteiger partial charge on any atom is 0.187 e. The van der Waals surface area contributed by atoms with Crippen LogP contribution in [0.2, 0.25) is 0 Å². The molecule has 0 amide bonds. The molecule has 3 aromatic carbocycles. The zero-order valence-electron chi connectivity index (χ0n) is 13.9. The monoisotopic (exact) mass is 323 g/mol. The second kappa shape index (κ2) is 6.33. The molecular formula is C23H17NO. The van der Waals surface area contributed by atoms with Gasteiger partial charge in [0.05, 0.1) is 0 Å². The van der Waals surface area contributed by atoms with Gasteiger partial charge < -0.3 is 0 Å². The van der Waals surface area contributed by atoms with E-state index >= 15 is 0 Å². The number of fused-ring (bicyclic) bond motifs is 2. The maximum atomic E-state index is 12.5. The molecule has 0 radical (unpaired) electrons.